The van der Waals surface area contributed by atoms with Crippen LogP contribution in [0, 0.1) is 30.3 Å². The maximum absolute atomic E-state index is 10.2. The number of carbonyl (C=O) groups is 1. The van der Waals surface area contributed by atoms with E-state index in [0.29, 0.717) is 19.4 Å². The Morgan fingerprint density at radius 3 is 1.85 bits per heavy atom. The van der Waals surface area contributed by atoms with E-state index in [0.717, 1.165) is 0 Å². The maximum atomic E-state index is 10.2. The number of hydrogen-bond donors (Lipinski definition) is 4. The lowest BCUT2D eigenvalue weighted by atomic mass is 10.2. The fourth-order valence-electron chi connectivity index (χ4n) is 1.16. The largest absolute Gasteiger partial charge is 0.480 e. The van der Waals surface area contributed by atoms with Crippen LogP contribution in [0.2, 0.25) is 0 Å². The topological polar surface area (TPSA) is 285 Å². The average molecular weight is 401 g/mol. The van der Waals surface area contributed by atoms with Crippen molar-refractivity contribution in [3.05, 3.63) is 30.3 Å². The number of rotatable bonds is 13. The lowest BCUT2D eigenvalue weighted by Crippen LogP contribution is -2.30. The van der Waals surface area contributed by atoms with E-state index in [1.807, 2.05) is 0 Å². The summed E-state index contributed by atoms with van der Waals surface area (Å²) in [7, 11) is 0. The summed E-state index contributed by atoms with van der Waals surface area (Å²) in [6.07, 6.45) is -0.590. The smallest absolute Gasteiger partial charge is 0.320 e. The van der Waals surface area contributed by atoms with Crippen molar-refractivity contribution in [1.82, 2.24) is 0 Å². The van der Waals surface area contributed by atoms with Gasteiger partial charge in [-0.1, -0.05) is 0 Å². The zero-order valence-corrected chi connectivity index (χ0v) is 13.7. The average Bonchev–Trinajstić information content (AvgIpc) is 2.53. The highest BCUT2D eigenvalue weighted by atomic mass is 17.0. The molecule has 0 amide bonds. The summed E-state index contributed by atoms with van der Waals surface area (Å²) < 4.78 is 0. The van der Waals surface area contributed by atoms with E-state index in [9.17, 15) is 35.1 Å². The first-order valence-corrected chi connectivity index (χ1v) is 6.85. The molecule has 156 valence electrons. The van der Waals surface area contributed by atoms with Crippen LogP contribution in [0.4, 0.5) is 0 Å². The standard InChI is InChI=1S/C6H14N4O2.C3H5N3O9/c7-4(5(11)12)2-1-3-10-6(8)9;7-4(8)13-1-3(15-6(11)12)2-14-5(9)10/h4H,1-3,7H2,(H,11,12)(H4,8,9,10);3H,1-2H2/t4-;/m0./s1. The Morgan fingerprint density at radius 2 is 1.52 bits per heavy atom. The van der Waals surface area contributed by atoms with Crippen LogP contribution in [-0.4, -0.2) is 64.2 Å². The Hall–Kier alpha value is -3.70. The number of carboxylic acid groups (broad SMARTS) is 1. The number of aliphatic carboxylic acids is 1. The van der Waals surface area contributed by atoms with E-state index in [4.69, 9.17) is 22.3 Å². The molecule has 0 aromatic rings. The molecule has 1 atom stereocenters. The molecule has 18 nitrogen and oxygen atoms in total. The highest BCUT2D eigenvalue weighted by molar-refractivity contribution is 5.75. The second-order valence-corrected chi connectivity index (χ2v) is 4.38. The monoisotopic (exact) mass is 401 g/mol. The van der Waals surface area contributed by atoms with Gasteiger partial charge in [-0.15, -0.1) is 30.3 Å². The summed E-state index contributed by atoms with van der Waals surface area (Å²) in [5.41, 5.74) is 15.3. The van der Waals surface area contributed by atoms with Gasteiger partial charge in [-0.3, -0.25) is 9.79 Å². The van der Waals surface area contributed by atoms with Gasteiger partial charge in [0.15, 0.2) is 12.1 Å². The van der Waals surface area contributed by atoms with Crippen LogP contribution in [0.25, 0.3) is 0 Å². The minimum Gasteiger partial charge on any atom is -0.480 e. The summed E-state index contributed by atoms with van der Waals surface area (Å²) >= 11 is 0. The predicted octanol–water partition coefficient (Wildman–Crippen LogP) is -2.57. The molecule has 7 N–H and O–H groups in total. The Morgan fingerprint density at radius 1 is 1.04 bits per heavy atom. The van der Waals surface area contributed by atoms with Gasteiger partial charge in [0.2, 0.25) is 0 Å². The molecule has 0 aliphatic carbocycles. The van der Waals surface area contributed by atoms with Crippen molar-refractivity contribution in [2.24, 2.45) is 22.2 Å². The van der Waals surface area contributed by atoms with Gasteiger partial charge < -0.3 is 36.8 Å². The molecule has 0 saturated carbocycles. The highest BCUT2D eigenvalue weighted by Gasteiger charge is 2.17. The number of nitrogens with zero attached hydrogens (tertiary/aromatic N) is 4. The fraction of sp³-hybridized carbons (Fsp3) is 0.778. The molecule has 0 bridgehead atoms. The third-order valence-electron chi connectivity index (χ3n) is 2.25. The Kier molecular flexibility index (Phi) is 13.8. The minimum absolute atomic E-state index is 0.0129. The van der Waals surface area contributed by atoms with Crippen LogP contribution < -0.4 is 17.2 Å². The molecule has 0 aromatic heterocycles. The van der Waals surface area contributed by atoms with E-state index < -0.39 is 46.6 Å². The quantitative estimate of drug-likeness (QED) is 0.0810. The zero-order valence-electron chi connectivity index (χ0n) is 13.7. The molecule has 18 heteroatoms. The molecule has 0 unspecified atom stereocenters. The maximum Gasteiger partial charge on any atom is 0.320 e. The second-order valence-electron chi connectivity index (χ2n) is 4.38. The van der Waals surface area contributed by atoms with Crippen molar-refractivity contribution in [3.8, 4) is 0 Å². The van der Waals surface area contributed by atoms with Crippen molar-refractivity contribution in [1.29, 1.82) is 0 Å². The molecule has 0 aliphatic heterocycles. The second kappa shape index (κ2) is 14.6. The van der Waals surface area contributed by atoms with Crippen LogP contribution in [-0.2, 0) is 19.3 Å². The lowest BCUT2D eigenvalue weighted by Gasteiger charge is -2.11. The molecular weight excluding hydrogens is 382 g/mol. The zero-order chi connectivity index (χ0) is 21.4. The third kappa shape index (κ3) is 20.3. The Balaban J connectivity index is 0. The molecular formula is C9H19N7O11. The highest BCUT2D eigenvalue weighted by Crippen LogP contribution is 1.96. The molecule has 27 heavy (non-hydrogen) atoms. The number of nitrogens with two attached hydrogens (primary N) is 3. The molecule has 0 aliphatic rings. The van der Waals surface area contributed by atoms with E-state index in [1.54, 1.807) is 0 Å². The third-order valence-corrected chi connectivity index (χ3v) is 2.25. The molecule has 0 aromatic carbocycles. The van der Waals surface area contributed by atoms with Gasteiger partial charge in [-0.05, 0) is 12.8 Å². The Labute approximate surface area is 150 Å². The fourth-order valence-corrected chi connectivity index (χ4v) is 1.16. The van der Waals surface area contributed by atoms with E-state index in [1.165, 1.54) is 0 Å². The molecule has 0 rings (SSSR count). The first-order chi connectivity index (χ1) is 12.5. The van der Waals surface area contributed by atoms with Crippen LogP contribution in [0.5, 0.6) is 0 Å². The van der Waals surface area contributed by atoms with Crippen LogP contribution in [0.3, 0.4) is 0 Å². The first-order valence-electron chi connectivity index (χ1n) is 6.85. The summed E-state index contributed by atoms with van der Waals surface area (Å²) in [6.45, 7) is -1.27. The van der Waals surface area contributed by atoms with Crippen molar-refractivity contribution in [2.75, 3.05) is 19.8 Å². The van der Waals surface area contributed by atoms with E-state index >= 15 is 0 Å². The van der Waals surface area contributed by atoms with Crippen molar-refractivity contribution >= 4 is 11.9 Å². The lowest BCUT2D eigenvalue weighted by molar-refractivity contribution is -0.803. The van der Waals surface area contributed by atoms with Crippen LogP contribution in [0.15, 0.2) is 4.99 Å². The Bertz CT molecular complexity index is 506. The van der Waals surface area contributed by atoms with Gasteiger partial charge in [-0.25, -0.2) is 0 Å². The first kappa shape index (κ1) is 25.5. The number of guanidine groups is 1. The summed E-state index contributed by atoms with van der Waals surface area (Å²) in [5.74, 6) is -0.987. The van der Waals surface area contributed by atoms with Crippen LogP contribution >= 0.6 is 0 Å². The van der Waals surface area contributed by atoms with Gasteiger partial charge >= 0.3 is 5.97 Å². The van der Waals surface area contributed by atoms with Gasteiger partial charge in [0.25, 0.3) is 15.3 Å². The van der Waals surface area contributed by atoms with E-state index in [-0.39, 0.29) is 5.96 Å². The summed E-state index contributed by atoms with van der Waals surface area (Å²) in [6, 6.07) is -0.820. The van der Waals surface area contributed by atoms with Crippen molar-refractivity contribution in [2.45, 2.75) is 25.0 Å². The van der Waals surface area contributed by atoms with E-state index in [2.05, 4.69) is 19.5 Å². The molecule has 0 heterocycles. The van der Waals surface area contributed by atoms with Gasteiger partial charge in [0, 0.05) is 6.54 Å². The number of carboxylic acids is 1. The normalized spacial score (nSPS) is 10.6. The number of aliphatic imine (C=N–C) groups is 1. The predicted molar refractivity (Wildman–Crippen MR) is 83.3 cm³/mol. The molecule has 0 radical (unpaired) electrons. The van der Waals surface area contributed by atoms with Crippen LogP contribution in [0.1, 0.15) is 12.8 Å². The minimum atomic E-state index is -1.55. The molecule has 0 fully saturated rings. The van der Waals surface area contributed by atoms with Gasteiger partial charge in [-0.2, -0.15) is 0 Å². The van der Waals surface area contributed by atoms with Gasteiger partial charge in [0.1, 0.15) is 19.3 Å². The summed E-state index contributed by atoms with van der Waals surface area (Å²) in [4.78, 5) is 54.4. The molecule has 0 spiro atoms. The van der Waals surface area contributed by atoms with Crippen molar-refractivity contribution in [3.63, 3.8) is 0 Å². The summed E-state index contributed by atoms with van der Waals surface area (Å²) in [5, 5.41) is 33.9. The number of hydrogen-bond acceptors (Lipinski definition) is 12. The molecule has 0 saturated heterocycles. The van der Waals surface area contributed by atoms with Gasteiger partial charge in [0.05, 0.1) is 0 Å². The SMILES string of the molecule is NC(N)=NCCC[C@H](N)C(=O)O.O=[N+]([O-])OCC(CO[N+](=O)[O-])O[N+](=O)[O-]. The van der Waals surface area contributed by atoms with Crippen molar-refractivity contribution < 1.29 is 39.7 Å².